The van der Waals surface area contributed by atoms with Crippen LogP contribution in [0.2, 0.25) is 0 Å². The van der Waals surface area contributed by atoms with Gasteiger partial charge in [0.2, 0.25) is 23.5 Å². The molecule has 0 saturated heterocycles. The Morgan fingerprint density at radius 3 is 1.54 bits per heavy atom. The van der Waals surface area contributed by atoms with Gasteiger partial charge in [0, 0.05) is 63.0 Å². The van der Waals surface area contributed by atoms with Gasteiger partial charge < -0.3 is 65.1 Å². The van der Waals surface area contributed by atoms with E-state index in [-0.39, 0.29) is 55.4 Å². The predicted molar refractivity (Wildman–Crippen MR) is 293 cm³/mol. The third-order valence-electron chi connectivity index (χ3n) is 13.2. The number of nitrogens with zero attached hydrogens (tertiary/aromatic N) is 1. The maximum atomic E-state index is 13.5. The van der Waals surface area contributed by atoms with E-state index in [1.807, 2.05) is 66.7 Å². The molecule has 7 N–H and O–H groups in total. The van der Waals surface area contributed by atoms with Crippen LogP contribution in [0.4, 0.5) is 0 Å². The van der Waals surface area contributed by atoms with Crippen LogP contribution in [0.1, 0.15) is 120 Å². The van der Waals surface area contributed by atoms with Gasteiger partial charge in [0.25, 0.3) is 5.91 Å². The summed E-state index contributed by atoms with van der Waals surface area (Å²) in [4.78, 5) is 75.4. The summed E-state index contributed by atoms with van der Waals surface area (Å²) in [5, 5.41) is 24.7. The molecule has 0 spiro atoms. The second-order valence-electron chi connectivity index (χ2n) is 20.1. The van der Waals surface area contributed by atoms with Crippen LogP contribution in [-0.2, 0) is 57.8 Å². The molecule has 0 unspecified atom stereocenters. The summed E-state index contributed by atoms with van der Waals surface area (Å²) in [5.74, 6) is -1.23. The van der Waals surface area contributed by atoms with Crippen LogP contribution in [0.25, 0.3) is 0 Å². The number of aliphatic hydroxyl groups excluding tert-OH is 1. The first-order valence-electron chi connectivity index (χ1n) is 26.3. The fraction of sp³-hybridized carbons (Fsp3) is 0.534. The first-order chi connectivity index (χ1) is 37.2. The number of Topliss-reactive ketones (excluding diaryl/α,β-unsaturated/α-hetero) is 1. The molecule has 0 bridgehead atoms. The van der Waals surface area contributed by atoms with Gasteiger partial charge in [-0.2, -0.15) is 0 Å². The standard InChI is InChI=1S/C27H37N3O6.C18H27NO5.C13H20N2O3/c1-18(34-2)21(26(32)28-17-20-11-7-8-12-24(20)35-3)16-23(31)22(15-19-9-5-4-6-10-19)30-27(33)25-13-14-29-36-25;1-12(20)14(10-16(21)24-18(2,3)4)17(22)19-11-13-8-6-7-9-15(13)23-5;1-9(17-2)12(14)13(16)15-8-10-6-4-5-7-11(10)18-3/h7-8,11-14,18-19,21-22H,4-6,9-10,15-17H2,1-3H3,(H,28,32)(H,30,33);6-9,12,14,20H,10-11H2,1-5H3,(H,19,22);4-7,9,12H,8,14H2,1-3H3,(H,15,16)/t18-,21+,22+;12-,14+;9-,12+/m111/s1. The molecule has 1 saturated carbocycles. The number of rotatable bonds is 26. The number of nitrogens with two attached hydrogens (primary N) is 1. The average Bonchev–Trinajstić information content (AvgIpc) is 3.99. The zero-order valence-electron chi connectivity index (χ0n) is 47.3. The Morgan fingerprint density at radius 2 is 1.12 bits per heavy atom. The Morgan fingerprint density at radius 1 is 0.654 bits per heavy atom. The van der Waals surface area contributed by atoms with E-state index in [4.69, 9.17) is 38.7 Å². The average molecular weight is 1090 g/mol. The molecule has 430 valence electrons. The molecule has 1 aliphatic rings. The van der Waals surface area contributed by atoms with E-state index in [0.717, 1.165) is 48.1 Å². The van der Waals surface area contributed by atoms with Crippen LogP contribution in [0.3, 0.4) is 0 Å². The van der Waals surface area contributed by atoms with Gasteiger partial charge in [-0.15, -0.1) is 0 Å². The lowest BCUT2D eigenvalue weighted by Gasteiger charge is -2.28. The van der Waals surface area contributed by atoms with Crippen molar-refractivity contribution in [2.45, 2.75) is 149 Å². The Labute approximate surface area is 459 Å². The molecule has 5 rings (SSSR count). The fourth-order valence-corrected chi connectivity index (χ4v) is 8.46. The quantitative estimate of drug-likeness (QED) is 0.0372. The molecule has 1 fully saturated rings. The topological polar surface area (TPSA) is 278 Å². The fourth-order valence-electron chi connectivity index (χ4n) is 8.46. The number of para-hydroxylation sites is 3. The van der Waals surface area contributed by atoms with E-state index in [2.05, 4.69) is 26.4 Å². The van der Waals surface area contributed by atoms with Crippen molar-refractivity contribution in [2.75, 3.05) is 35.5 Å². The Balaban J connectivity index is 0.000000330. The second-order valence-corrected chi connectivity index (χ2v) is 20.1. The van der Waals surface area contributed by atoms with Crippen LogP contribution >= 0.6 is 0 Å². The smallest absolute Gasteiger partial charge is 0.307 e. The molecule has 1 aromatic heterocycles. The molecular formula is C58H84N6O14. The number of esters is 1. The SMILES string of the molecule is COc1ccccc1CNC(=O)[C@@H](CC(=O)OC(C)(C)C)[C@@H](C)O.COc1ccccc1CNC(=O)[C@@H](CC(=O)[C@H](CC1CCCCC1)NC(=O)c1ccno1)[C@@H](C)OC.COc1ccccc1CNC(=O)[C@@H](N)[C@@H](C)OC. The summed E-state index contributed by atoms with van der Waals surface area (Å²) in [6.45, 7) is 11.2. The minimum atomic E-state index is -0.963. The highest BCUT2D eigenvalue weighted by Gasteiger charge is 2.34. The minimum Gasteiger partial charge on any atom is -0.496 e. The van der Waals surface area contributed by atoms with E-state index in [0.29, 0.717) is 30.4 Å². The molecule has 1 aliphatic carbocycles. The number of amides is 4. The molecule has 3 aromatic carbocycles. The highest BCUT2D eigenvalue weighted by atomic mass is 16.6. The van der Waals surface area contributed by atoms with Crippen LogP contribution in [0.5, 0.6) is 17.2 Å². The highest BCUT2D eigenvalue weighted by Crippen LogP contribution is 2.29. The molecule has 1 heterocycles. The summed E-state index contributed by atoms with van der Waals surface area (Å²) < 4.78 is 36.4. The number of nitrogens with one attached hydrogen (secondary N) is 4. The molecule has 0 aliphatic heterocycles. The number of ketones is 1. The third kappa shape index (κ3) is 22.6. The zero-order chi connectivity index (χ0) is 57.8. The van der Waals surface area contributed by atoms with Gasteiger partial charge in [-0.1, -0.05) is 91.9 Å². The van der Waals surface area contributed by atoms with Gasteiger partial charge in [0.1, 0.15) is 28.9 Å². The van der Waals surface area contributed by atoms with Gasteiger partial charge in [-0.25, -0.2) is 0 Å². The van der Waals surface area contributed by atoms with Crippen LogP contribution < -0.4 is 41.2 Å². The Kier molecular flexibility index (Phi) is 28.6. The van der Waals surface area contributed by atoms with Crippen LogP contribution in [0.15, 0.2) is 89.6 Å². The number of aromatic nitrogens is 1. The van der Waals surface area contributed by atoms with Crippen molar-refractivity contribution in [2.24, 2.45) is 23.5 Å². The molecule has 20 nitrogen and oxygen atoms in total. The normalized spacial score (nSPS) is 15.0. The Hall–Kier alpha value is -6.87. The number of methoxy groups -OCH3 is 5. The van der Waals surface area contributed by atoms with E-state index >= 15 is 0 Å². The van der Waals surface area contributed by atoms with E-state index < -0.39 is 59.5 Å². The largest absolute Gasteiger partial charge is 0.496 e. The number of hydrogen-bond acceptors (Lipinski definition) is 16. The number of hydrogen-bond donors (Lipinski definition) is 6. The van der Waals surface area contributed by atoms with Crippen molar-refractivity contribution in [1.82, 2.24) is 26.4 Å². The number of benzene rings is 3. The zero-order valence-corrected chi connectivity index (χ0v) is 47.3. The summed E-state index contributed by atoms with van der Waals surface area (Å²) in [7, 11) is 7.77. The third-order valence-corrected chi connectivity index (χ3v) is 13.2. The molecule has 4 aromatic rings. The first kappa shape index (κ1) is 65.4. The molecule has 78 heavy (non-hydrogen) atoms. The highest BCUT2D eigenvalue weighted by molar-refractivity contribution is 5.97. The minimum absolute atomic E-state index is 0.0489. The van der Waals surface area contributed by atoms with E-state index in [1.54, 1.807) is 62.0 Å². The number of carbonyl (C=O) groups is 6. The lowest BCUT2D eigenvalue weighted by Crippen LogP contribution is -2.47. The summed E-state index contributed by atoms with van der Waals surface area (Å²) in [5.41, 5.74) is 7.66. The van der Waals surface area contributed by atoms with Gasteiger partial charge in [-0.05, 0) is 72.1 Å². The number of ether oxygens (including phenoxy) is 6. The lowest BCUT2D eigenvalue weighted by atomic mass is 9.82. The lowest BCUT2D eigenvalue weighted by molar-refractivity contribution is -0.158. The maximum absolute atomic E-state index is 13.5. The van der Waals surface area contributed by atoms with Crippen molar-refractivity contribution >= 4 is 35.4 Å². The van der Waals surface area contributed by atoms with Crippen molar-refractivity contribution in [3.63, 3.8) is 0 Å². The van der Waals surface area contributed by atoms with E-state index in [9.17, 15) is 33.9 Å². The second kappa shape index (κ2) is 34.1. The summed E-state index contributed by atoms with van der Waals surface area (Å²) in [6, 6.07) is 22.3. The summed E-state index contributed by atoms with van der Waals surface area (Å²) in [6.07, 6.45) is 5.41. The molecular weight excluding hydrogens is 1000 g/mol. The molecule has 7 atom stereocenters. The number of carbonyl (C=O) groups excluding carboxylic acids is 6. The molecule has 0 radical (unpaired) electrons. The van der Waals surface area contributed by atoms with Crippen molar-refractivity contribution in [3.8, 4) is 17.2 Å². The van der Waals surface area contributed by atoms with Crippen molar-refractivity contribution in [1.29, 1.82) is 0 Å². The monoisotopic (exact) mass is 1090 g/mol. The maximum Gasteiger partial charge on any atom is 0.307 e. The van der Waals surface area contributed by atoms with Crippen molar-refractivity contribution < 1.29 is 66.8 Å². The predicted octanol–water partition coefficient (Wildman–Crippen LogP) is 6.39. The van der Waals surface area contributed by atoms with Gasteiger partial charge in [0.05, 0.1) is 70.1 Å². The summed E-state index contributed by atoms with van der Waals surface area (Å²) >= 11 is 0. The Bertz CT molecular complexity index is 2460. The molecule has 20 heteroatoms. The van der Waals surface area contributed by atoms with Gasteiger partial charge in [0.15, 0.2) is 5.78 Å². The number of aliphatic hydroxyl groups is 1. The van der Waals surface area contributed by atoms with Crippen LogP contribution in [0, 0.1) is 17.8 Å². The first-order valence-corrected chi connectivity index (χ1v) is 26.3. The van der Waals surface area contributed by atoms with Gasteiger partial charge in [-0.3, -0.25) is 28.8 Å². The van der Waals surface area contributed by atoms with Crippen molar-refractivity contribution in [3.05, 3.63) is 108 Å². The van der Waals surface area contributed by atoms with Gasteiger partial charge >= 0.3 is 5.97 Å². The van der Waals surface area contributed by atoms with E-state index in [1.165, 1.54) is 39.8 Å². The van der Waals surface area contributed by atoms with Crippen LogP contribution in [-0.4, -0.2) is 117 Å². The molecule has 4 amide bonds.